The molecule has 0 spiro atoms. The number of rotatable bonds is 7. The van der Waals surface area contributed by atoms with Gasteiger partial charge < -0.3 is 20.5 Å². The Morgan fingerprint density at radius 1 is 1.44 bits per heavy atom. The number of nitrogens with one attached hydrogen (secondary N) is 2. The van der Waals surface area contributed by atoms with Gasteiger partial charge in [0, 0.05) is 25.7 Å². The van der Waals surface area contributed by atoms with Gasteiger partial charge in [-0.3, -0.25) is 9.89 Å². The third-order valence-electron chi connectivity index (χ3n) is 4.26. The molecule has 27 heavy (non-hydrogen) atoms. The summed E-state index contributed by atoms with van der Waals surface area (Å²) >= 11 is 0. The highest BCUT2D eigenvalue weighted by Crippen LogP contribution is 2.21. The average molecular weight is 388 g/mol. The van der Waals surface area contributed by atoms with Crippen molar-refractivity contribution in [2.45, 2.75) is 31.7 Å². The molecule has 1 aromatic carbocycles. The van der Waals surface area contributed by atoms with Crippen molar-refractivity contribution in [1.82, 2.24) is 15.5 Å². The minimum Gasteiger partial charge on any atom is -0.497 e. The third kappa shape index (κ3) is 7.26. The Morgan fingerprint density at radius 2 is 2.22 bits per heavy atom. The predicted octanol–water partition coefficient (Wildman–Crippen LogP) is 1.92. The number of benzene rings is 1. The first-order valence-electron chi connectivity index (χ1n) is 8.96. The van der Waals surface area contributed by atoms with E-state index in [0.29, 0.717) is 43.3 Å². The van der Waals surface area contributed by atoms with Crippen LogP contribution in [0.3, 0.4) is 0 Å². The van der Waals surface area contributed by atoms with Gasteiger partial charge in [-0.2, -0.15) is 13.2 Å². The van der Waals surface area contributed by atoms with E-state index in [1.54, 1.807) is 31.4 Å². The molecule has 0 aromatic heterocycles. The molecule has 1 aliphatic rings. The molecule has 1 aliphatic heterocycles. The van der Waals surface area contributed by atoms with E-state index in [2.05, 4.69) is 15.6 Å². The zero-order chi connectivity index (χ0) is 19.9. The van der Waals surface area contributed by atoms with Crippen molar-refractivity contribution in [1.29, 1.82) is 0 Å². The van der Waals surface area contributed by atoms with Crippen molar-refractivity contribution in [3.63, 3.8) is 0 Å². The number of aliphatic hydroxyl groups is 1. The summed E-state index contributed by atoms with van der Waals surface area (Å²) in [6.07, 6.45) is -4.38. The zero-order valence-electron chi connectivity index (χ0n) is 15.6. The summed E-state index contributed by atoms with van der Waals surface area (Å²) < 4.78 is 42.7. The van der Waals surface area contributed by atoms with Crippen LogP contribution in [-0.4, -0.2) is 68.0 Å². The van der Waals surface area contributed by atoms with E-state index in [1.165, 1.54) is 4.90 Å². The van der Waals surface area contributed by atoms with E-state index in [4.69, 9.17) is 4.74 Å². The van der Waals surface area contributed by atoms with Crippen LogP contribution in [0, 0.1) is 0 Å². The van der Waals surface area contributed by atoms with E-state index < -0.39 is 18.8 Å². The van der Waals surface area contributed by atoms with Gasteiger partial charge in [0.05, 0.1) is 26.3 Å². The fourth-order valence-electron chi connectivity index (χ4n) is 2.99. The van der Waals surface area contributed by atoms with Gasteiger partial charge in [-0.05, 0) is 31.0 Å². The fourth-order valence-corrected chi connectivity index (χ4v) is 2.99. The maximum atomic E-state index is 12.5. The molecule has 6 nitrogen and oxygen atoms in total. The third-order valence-corrected chi connectivity index (χ3v) is 4.26. The Bertz CT molecular complexity index is 625. The molecule has 2 atom stereocenters. The number of aliphatic imine (C=N–C) groups is 1. The summed E-state index contributed by atoms with van der Waals surface area (Å²) in [5, 5.41) is 16.6. The summed E-state index contributed by atoms with van der Waals surface area (Å²) in [6, 6.07) is 7.00. The Morgan fingerprint density at radius 3 is 2.89 bits per heavy atom. The van der Waals surface area contributed by atoms with Gasteiger partial charge in [-0.25, -0.2) is 0 Å². The number of ether oxygens (including phenoxy) is 1. The second-order valence-corrected chi connectivity index (χ2v) is 6.49. The minimum absolute atomic E-state index is 0.112. The number of aliphatic hydroxyl groups excluding tert-OH is 1. The zero-order valence-corrected chi connectivity index (χ0v) is 15.6. The molecule has 2 unspecified atom stereocenters. The highest BCUT2D eigenvalue weighted by atomic mass is 19.4. The molecule has 1 fully saturated rings. The number of nitrogens with zero attached hydrogens (tertiary/aromatic N) is 2. The molecular formula is C18H27F3N4O2. The Kier molecular flexibility index (Phi) is 7.73. The summed E-state index contributed by atoms with van der Waals surface area (Å²) in [5.41, 5.74) is 0.686. The van der Waals surface area contributed by atoms with Crippen LogP contribution in [0.4, 0.5) is 13.2 Å². The van der Waals surface area contributed by atoms with Crippen LogP contribution in [-0.2, 0) is 0 Å². The average Bonchev–Trinajstić information content (AvgIpc) is 3.04. The van der Waals surface area contributed by atoms with Crippen LogP contribution in [0.1, 0.15) is 25.0 Å². The monoisotopic (exact) mass is 388 g/mol. The first-order chi connectivity index (χ1) is 12.8. The molecule has 1 heterocycles. The second kappa shape index (κ2) is 9.80. The maximum absolute atomic E-state index is 12.5. The lowest BCUT2D eigenvalue weighted by molar-refractivity contribution is -0.143. The van der Waals surface area contributed by atoms with Gasteiger partial charge in [-0.15, -0.1) is 0 Å². The van der Waals surface area contributed by atoms with Crippen molar-refractivity contribution in [3.05, 3.63) is 29.8 Å². The lowest BCUT2D eigenvalue weighted by Crippen LogP contribution is -2.45. The van der Waals surface area contributed by atoms with Crippen molar-refractivity contribution in [2.75, 3.05) is 39.8 Å². The smallest absolute Gasteiger partial charge is 0.401 e. The SMILES string of the molecule is CCNC(=NCC(O)c1cccc(OC)c1)NC1CCN(CC(F)(F)F)C1. The van der Waals surface area contributed by atoms with Crippen LogP contribution < -0.4 is 15.4 Å². The first kappa shape index (κ1) is 21.3. The summed E-state index contributed by atoms with van der Waals surface area (Å²) in [7, 11) is 1.56. The van der Waals surface area contributed by atoms with E-state index in [1.807, 2.05) is 6.92 Å². The minimum atomic E-state index is -4.19. The molecule has 0 aliphatic carbocycles. The van der Waals surface area contributed by atoms with Gasteiger partial charge in [0.25, 0.3) is 0 Å². The molecule has 9 heteroatoms. The summed E-state index contributed by atoms with van der Waals surface area (Å²) in [4.78, 5) is 5.75. The van der Waals surface area contributed by atoms with Crippen LogP contribution >= 0.6 is 0 Å². The first-order valence-corrected chi connectivity index (χ1v) is 8.96. The predicted molar refractivity (Wildman–Crippen MR) is 98.0 cm³/mol. The number of methoxy groups -OCH3 is 1. The summed E-state index contributed by atoms with van der Waals surface area (Å²) in [5.74, 6) is 1.13. The van der Waals surface area contributed by atoms with Crippen molar-refractivity contribution in [2.24, 2.45) is 4.99 Å². The van der Waals surface area contributed by atoms with Crippen molar-refractivity contribution < 1.29 is 23.0 Å². The quantitative estimate of drug-likeness (QED) is 0.492. The van der Waals surface area contributed by atoms with Crippen molar-refractivity contribution in [3.8, 4) is 5.75 Å². The van der Waals surface area contributed by atoms with Crippen molar-refractivity contribution >= 4 is 5.96 Å². The van der Waals surface area contributed by atoms with Crippen LogP contribution in [0.15, 0.2) is 29.3 Å². The molecule has 0 bridgehead atoms. The number of halogens is 3. The fraction of sp³-hybridized carbons (Fsp3) is 0.611. The number of hydrogen-bond acceptors (Lipinski definition) is 4. The number of alkyl halides is 3. The van der Waals surface area contributed by atoms with E-state index in [9.17, 15) is 18.3 Å². The lowest BCUT2D eigenvalue weighted by atomic mass is 10.1. The molecule has 1 aromatic rings. The van der Waals surface area contributed by atoms with Gasteiger partial charge in [0.1, 0.15) is 5.75 Å². The molecule has 0 saturated carbocycles. The van der Waals surface area contributed by atoms with Crippen LogP contribution in [0.5, 0.6) is 5.75 Å². The Labute approximate surface area is 157 Å². The van der Waals surface area contributed by atoms with Crippen LogP contribution in [0.2, 0.25) is 0 Å². The topological polar surface area (TPSA) is 69.1 Å². The molecule has 0 radical (unpaired) electrons. The van der Waals surface area contributed by atoms with E-state index >= 15 is 0 Å². The maximum Gasteiger partial charge on any atom is 0.401 e. The normalized spacial score (nSPS) is 19.8. The van der Waals surface area contributed by atoms with Gasteiger partial charge in [0.15, 0.2) is 5.96 Å². The Balaban J connectivity index is 1.92. The summed E-state index contributed by atoms with van der Waals surface area (Å²) in [6.45, 7) is 2.45. The second-order valence-electron chi connectivity index (χ2n) is 6.49. The largest absolute Gasteiger partial charge is 0.497 e. The van der Waals surface area contributed by atoms with E-state index in [0.717, 1.165) is 0 Å². The molecule has 3 N–H and O–H groups in total. The van der Waals surface area contributed by atoms with Gasteiger partial charge in [-0.1, -0.05) is 12.1 Å². The lowest BCUT2D eigenvalue weighted by Gasteiger charge is -2.20. The molecule has 2 rings (SSSR count). The highest BCUT2D eigenvalue weighted by Gasteiger charge is 2.34. The van der Waals surface area contributed by atoms with Crippen LogP contribution in [0.25, 0.3) is 0 Å². The highest BCUT2D eigenvalue weighted by molar-refractivity contribution is 5.80. The number of guanidine groups is 1. The number of likely N-dealkylation sites (tertiary alicyclic amines) is 1. The molecule has 152 valence electrons. The molecule has 0 amide bonds. The standard InChI is InChI=1S/C18H27F3N4O2/c1-3-22-17(24-14-7-8-25(11-14)12-18(19,20)21)23-10-16(26)13-5-4-6-15(9-13)27-2/h4-6,9,14,16,26H,3,7-8,10-12H2,1-2H3,(H2,22,23,24). The van der Waals surface area contributed by atoms with Gasteiger partial charge >= 0.3 is 6.18 Å². The van der Waals surface area contributed by atoms with E-state index in [-0.39, 0.29) is 12.6 Å². The molecular weight excluding hydrogens is 361 g/mol. The van der Waals surface area contributed by atoms with Gasteiger partial charge in [0.2, 0.25) is 0 Å². The molecule has 1 saturated heterocycles. The Hall–Kier alpha value is -2.00. The number of hydrogen-bond donors (Lipinski definition) is 3.